The van der Waals surface area contributed by atoms with Crippen molar-refractivity contribution in [3.05, 3.63) is 113 Å². The van der Waals surface area contributed by atoms with Crippen LogP contribution in [0.1, 0.15) is 201 Å². The Balaban J connectivity index is 1.49. The van der Waals surface area contributed by atoms with Gasteiger partial charge in [-0.2, -0.15) is 0 Å². The van der Waals surface area contributed by atoms with Crippen molar-refractivity contribution in [1.29, 1.82) is 0 Å². The maximum Gasteiger partial charge on any atom is 0.737 e. The first-order valence-corrected chi connectivity index (χ1v) is 25.2. The summed E-state index contributed by atoms with van der Waals surface area (Å²) in [6.07, 6.45) is 12.8. The number of aryl methyl sites for hydroxylation is 2. The first kappa shape index (κ1) is 49.0. The predicted octanol–water partition coefficient (Wildman–Crippen LogP) is 14.3. The molecule has 6 heterocycles. The molecule has 0 atom stereocenters. The summed E-state index contributed by atoms with van der Waals surface area (Å²) in [6.45, 7) is 19.5. The van der Waals surface area contributed by atoms with Crippen LogP contribution in [0.3, 0.4) is 0 Å². The molecule has 3 aromatic rings. The van der Waals surface area contributed by atoms with Crippen molar-refractivity contribution in [2.45, 2.75) is 187 Å². The maximum absolute atomic E-state index is 17.0. The van der Waals surface area contributed by atoms with Crippen molar-refractivity contribution < 1.29 is 26.2 Å². The Labute approximate surface area is 393 Å². The number of rotatable bonds is 14. The summed E-state index contributed by atoms with van der Waals surface area (Å²) in [4.78, 5) is 0. The second-order valence-corrected chi connectivity index (χ2v) is 19.3. The lowest BCUT2D eigenvalue weighted by Crippen LogP contribution is -2.51. The first-order valence-electron chi connectivity index (χ1n) is 25.2. The Bertz CT molecular complexity index is 2670. The van der Waals surface area contributed by atoms with Crippen molar-refractivity contribution in [3.8, 4) is 23.7 Å². The molecule has 0 saturated heterocycles. The fourth-order valence-electron chi connectivity index (χ4n) is 12.3. The summed E-state index contributed by atoms with van der Waals surface area (Å²) in [5.74, 6) is 14.5. The van der Waals surface area contributed by atoms with Crippen LogP contribution in [0.2, 0.25) is 0 Å². The molecule has 10 heteroatoms. The van der Waals surface area contributed by atoms with E-state index in [1.165, 1.54) is 17.9 Å². The molecule has 2 aromatic heterocycles. The summed E-state index contributed by atoms with van der Waals surface area (Å²) in [7, 11) is 0. The van der Waals surface area contributed by atoms with E-state index in [1.807, 2.05) is 83.1 Å². The smallest absolute Gasteiger partial charge is 0.393 e. The molecule has 4 aliphatic rings. The summed E-state index contributed by atoms with van der Waals surface area (Å²) in [5, 5.41) is 0. The molecule has 350 valence electrons. The van der Waals surface area contributed by atoms with Gasteiger partial charge in [0.2, 0.25) is 0 Å². The molecule has 0 fully saturated rings. The van der Waals surface area contributed by atoms with Crippen LogP contribution in [0.25, 0.3) is 11.1 Å². The van der Waals surface area contributed by atoms with E-state index in [-0.39, 0.29) is 0 Å². The van der Waals surface area contributed by atoms with Gasteiger partial charge in [-0.3, -0.25) is 0 Å². The normalized spacial score (nSPS) is 17.1. The average Bonchev–Trinajstić information content (AvgIpc) is 3.90. The van der Waals surface area contributed by atoms with Crippen LogP contribution in [0.4, 0.5) is 17.3 Å². The highest BCUT2D eigenvalue weighted by Crippen LogP contribution is 2.46. The molecular weight excluding hydrogens is 826 g/mol. The van der Waals surface area contributed by atoms with Gasteiger partial charge in [0.1, 0.15) is 22.6 Å². The molecule has 7 rings (SSSR count). The van der Waals surface area contributed by atoms with Crippen molar-refractivity contribution in [3.63, 3.8) is 0 Å². The first-order chi connectivity index (χ1) is 31.4. The van der Waals surface area contributed by atoms with Crippen molar-refractivity contribution >= 4 is 36.5 Å². The molecule has 0 N–H and O–H groups in total. The largest absolute Gasteiger partial charge is 0.737 e. The SMILES string of the molecule is CCCCCCc1cc(C#CC2=C3C(C)=C(CC)C(C)=[N+]3[B-](F)(F)n3c(C)c(CC)c(C)c32)c(CCCCCC)cc1C#CC1=C2C(C)=C(CC)C(C)=[N+]2[B-](F)(F)n2c(C)c(CC)c(C)c21. The van der Waals surface area contributed by atoms with Gasteiger partial charge in [-0.25, -0.2) is 0 Å². The predicted molar refractivity (Wildman–Crippen MR) is 271 cm³/mol. The Morgan fingerprint density at radius 3 is 1.17 bits per heavy atom. The zero-order valence-corrected chi connectivity index (χ0v) is 42.5. The van der Waals surface area contributed by atoms with E-state index in [1.54, 1.807) is 0 Å². The fourth-order valence-corrected chi connectivity index (χ4v) is 12.3. The molecule has 1 aromatic carbocycles. The molecule has 0 spiro atoms. The Morgan fingerprint density at radius 2 is 0.848 bits per heavy atom. The summed E-state index contributed by atoms with van der Waals surface area (Å²) < 4.78 is 73.4. The minimum atomic E-state index is -4.15. The molecule has 66 heavy (non-hydrogen) atoms. The van der Waals surface area contributed by atoms with Crippen molar-refractivity contribution in [2.24, 2.45) is 0 Å². The van der Waals surface area contributed by atoms with E-state index < -0.39 is 13.9 Å². The highest BCUT2D eigenvalue weighted by atomic mass is 19.3. The van der Waals surface area contributed by atoms with Gasteiger partial charge in [-0.05, 0) is 150 Å². The molecular formula is C56H72B2F4N4. The Morgan fingerprint density at radius 1 is 0.485 bits per heavy atom. The van der Waals surface area contributed by atoms with E-state index in [0.29, 0.717) is 82.4 Å². The highest BCUT2D eigenvalue weighted by molar-refractivity contribution is 6.59. The quantitative estimate of drug-likeness (QED) is 0.0663. The lowest BCUT2D eigenvalue weighted by molar-refractivity contribution is -0.364. The monoisotopic (exact) mass is 899 g/mol. The number of allylic oxidation sites excluding steroid dienone is 6. The van der Waals surface area contributed by atoms with Gasteiger partial charge in [0.05, 0.1) is 0 Å². The molecule has 0 saturated carbocycles. The number of aromatic nitrogens is 2. The van der Waals surface area contributed by atoms with Crippen LogP contribution in [0.5, 0.6) is 0 Å². The van der Waals surface area contributed by atoms with E-state index in [0.717, 1.165) is 131 Å². The fraction of sp³-hybridized carbons (Fsp3) is 0.500. The molecule has 0 aliphatic carbocycles. The van der Waals surface area contributed by atoms with Crippen molar-refractivity contribution in [2.75, 3.05) is 0 Å². The van der Waals surface area contributed by atoms with Crippen LogP contribution in [-0.2, 0) is 25.7 Å². The third-order valence-corrected chi connectivity index (χ3v) is 15.6. The van der Waals surface area contributed by atoms with Crippen LogP contribution in [0, 0.1) is 51.4 Å². The summed E-state index contributed by atoms with van der Waals surface area (Å²) in [6, 6.07) is 4.43. The van der Waals surface area contributed by atoms with Gasteiger partial charge < -0.3 is 35.2 Å². The minimum Gasteiger partial charge on any atom is -0.393 e. The third-order valence-electron chi connectivity index (χ3n) is 15.6. The lowest BCUT2D eigenvalue weighted by Gasteiger charge is -2.32. The lowest BCUT2D eigenvalue weighted by atomic mass is 9.85. The second-order valence-electron chi connectivity index (χ2n) is 19.3. The molecule has 0 radical (unpaired) electrons. The van der Waals surface area contributed by atoms with Crippen LogP contribution in [-0.4, -0.2) is 43.3 Å². The minimum absolute atomic E-state index is 0.531. The van der Waals surface area contributed by atoms with E-state index in [9.17, 15) is 0 Å². The number of nitrogens with zero attached hydrogens (tertiary/aromatic N) is 4. The summed E-state index contributed by atoms with van der Waals surface area (Å²) in [5.41, 5.74) is 17.1. The van der Waals surface area contributed by atoms with E-state index >= 15 is 17.3 Å². The number of fused-ring (bicyclic) bond motifs is 4. The molecule has 4 nitrogen and oxygen atoms in total. The third kappa shape index (κ3) is 7.67. The molecule has 0 amide bonds. The van der Waals surface area contributed by atoms with Gasteiger partial charge in [0, 0.05) is 58.7 Å². The number of hydrogen-bond acceptors (Lipinski definition) is 0. The molecule has 4 aliphatic heterocycles. The van der Waals surface area contributed by atoms with Crippen LogP contribution >= 0.6 is 0 Å². The number of unbranched alkanes of at least 4 members (excludes halogenated alkanes) is 6. The number of benzene rings is 1. The van der Waals surface area contributed by atoms with E-state index in [4.69, 9.17) is 0 Å². The maximum atomic E-state index is 17.0. The van der Waals surface area contributed by atoms with Gasteiger partial charge in [0.15, 0.2) is 11.4 Å². The second kappa shape index (κ2) is 19.0. The number of halogens is 4. The summed E-state index contributed by atoms with van der Waals surface area (Å²) >= 11 is 0. The van der Waals surface area contributed by atoms with Crippen LogP contribution in [0.15, 0.2) is 45.8 Å². The standard InChI is InChI=1S/C56H72B2F4N4/c1-15-21-23-25-27-43-33-46(30-32-52-55-37(9)49(19-5)41(13)65(55)58(61,62)66-42(14)50(20-6)38(10)56(52)66)44(28-26-24-22-16-2)34-45(43)29-31-51-53-35(7)47(17-3)39(11)63(53)57(59,60)64-40(12)48(18-4)36(8)54(51)64/h33-34H,15-28H2,1-14H3. The van der Waals surface area contributed by atoms with Gasteiger partial charge >= 0.3 is 13.9 Å². The van der Waals surface area contributed by atoms with Gasteiger partial charge in [0.25, 0.3) is 0 Å². The molecule has 0 unspecified atom stereocenters. The Kier molecular flexibility index (Phi) is 14.1. The van der Waals surface area contributed by atoms with Crippen LogP contribution < -0.4 is 0 Å². The zero-order chi connectivity index (χ0) is 48.2. The average molecular weight is 899 g/mol. The van der Waals surface area contributed by atoms with Gasteiger partial charge in [-0.1, -0.05) is 104 Å². The van der Waals surface area contributed by atoms with Gasteiger partial charge in [-0.15, -0.1) is 0 Å². The molecule has 0 bridgehead atoms. The highest BCUT2D eigenvalue weighted by Gasteiger charge is 2.58. The van der Waals surface area contributed by atoms with E-state index in [2.05, 4.69) is 49.7 Å². The van der Waals surface area contributed by atoms with Crippen molar-refractivity contribution in [1.82, 2.24) is 8.96 Å². The zero-order valence-electron chi connectivity index (χ0n) is 42.5. The topological polar surface area (TPSA) is 15.9 Å². The number of hydrogen-bond donors (Lipinski definition) is 0. The Hall–Kier alpha value is -4.95.